The van der Waals surface area contributed by atoms with E-state index in [9.17, 15) is 4.79 Å². The van der Waals surface area contributed by atoms with Crippen LogP contribution in [0.1, 0.15) is 44.1 Å². The van der Waals surface area contributed by atoms with Gasteiger partial charge in [0, 0.05) is 22.4 Å². The maximum atomic E-state index is 12.6. The van der Waals surface area contributed by atoms with E-state index in [1.54, 1.807) is 0 Å². The summed E-state index contributed by atoms with van der Waals surface area (Å²) in [5.74, 6) is 2.54. The topological polar surface area (TPSA) is 69.0 Å². The molecule has 0 radical (unpaired) electrons. The number of amides is 1. The van der Waals surface area contributed by atoms with Crippen molar-refractivity contribution in [3.8, 4) is 17.1 Å². The molecule has 1 aliphatic carbocycles. The number of nitrogens with zero attached hydrogens (tertiary/aromatic N) is 3. The minimum atomic E-state index is -0.0864. The molecule has 8 heteroatoms. The van der Waals surface area contributed by atoms with Gasteiger partial charge in [-0.25, -0.2) is 0 Å². The molecule has 1 unspecified atom stereocenters. The Kier molecular flexibility index (Phi) is 7.52. The predicted octanol–water partition coefficient (Wildman–Crippen LogP) is 5.67. The highest BCUT2D eigenvalue weighted by atomic mass is 32.2. The van der Waals surface area contributed by atoms with E-state index in [2.05, 4.69) is 39.3 Å². The van der Waals surface area contributed by atoms with Crippen molar-refractivity contribution in [2.45, 2.75) is 58.2 Å². The van der Waals surface area contributed by atoms with Gasteiger partial charge in [-0.05, 0) is 56.2 Å². The first-order chi connectivity index (χ1) is 15.6. The largest absolute Gasteiger partial charge is 0.492 e. The van der Waals surface area contributed by atoms with Crippen LogP contribution in [0.2, 0.25) is 0 Å². The molecule has 170 valence electrons. The van der Waals surface area contributed by atoms with Gasteiger partial charge in [0.2, 0.25) is 5.91 Å². The Morgan fingerprint density at radius 3 is 2.97 bits per heavy atom. The van der Waals surface area contributed by atoms with Gasteiger partial charge in [-0.1, -0.05) is 37.7 Å². The second-order valence-corrected chi connectivity index (χ2v) is 10.0. The van der Waals surface area contributed by atoms with Crippen molar-refractivity contribution in [3.05, 3.63) is 40.1 Å². The normalized spacial score (nSPS) is 15.4. The second kappa shape index (κ2) is 10.5. The zero-order chi connectivity index (χ0) is 22.5. The zero-order valence-electron chi connectivity index (χ0n) is 18.9. The van der Waals surface area contributed by atoms with Gasteiger partial charge in [-0.3, -0.25) is 4.79 Å². The number of aromatic nitrogens is 3. The van der Waals surface area contributed by atoms with E-state index >= 15 is 0 Å². The van der Waals surface area contributed by atoms with Crippen molar-refractivity contribution >= 4 is 34.7 Å². The van der Waals surface area contributed by atoms with Gasteiger partial charge in [-0.2, -0.15) is 0 Å². The van der Waals surface area contributed by atoms with Gasteiger partial charge in [-0.15, -0.1) is 21.5 Å². The van der Waals surface area contributed by atoms with Gasteiger partial charge in [0.1, 0.15) is 5.75 Å². The smallest absolute Gasteiger partial charge is 0.234 e. The minimum absolute atomic E-state index is 0.0864. The molecule has 1 amide bonds. The summed E-state index contributed by atoms with van der Waals surface area (Å²) in [4.78, 5) is 14.1. The molecule has 32 heavy (non-hydrogen) atoms. The predicted molar refractivity (Wildman–Crippen MR) is 132 cm³/mol. The maximum absolute atomic E-state index is 12.6. The van der Waals surface area contributed by atoms with E-state index in [1.807, 2.05) is 42.5 Å². The lowest BCUT2D eigenvalue weighted by Gasteiger charge is -2.19. The van der Waals surface area contributed by atoms with E-state index in [0.717, 1.165) is 42.7 Å². The number of ether oxygens (including phenoxy) is 1. The van der Waals surface area contributed by atoms with Crippen molar-refractivity contribution in [3.63, 3.8) is 0 Å². The Hall–Kier alpha value is -2.32. The molecule has 1 aliphatic rings. The molecule has 1 N–H and O–H groups in total. The van der Waals surface area contributed by atoms with Gasteiger partial charge < -0.3 is 14.6 Å². The van der Waals surface area contributed by atoms with E-state index in [0.29, 0.717) is 18.0 Å². The summed E-state index contributed by atoms with van der Waals surface area (Å²) < 4.78 is 7.77. The first-order valence-electron chi connectivity index (χ1n) is 11.3. The summed E-state index contributed by atoms with van der Waals surface area (Å²) in [6.07, 6.45) is 4.48. The number of thioether (sulfide) groups is 1. The molecule has 4 rings (SSSR count). The highest BCUT2D eigenvalue weighted by Gasteiger charge is 2.24. The molecular formula is C24H30N4O2S2. The zero-order valence-corrected chi connectivity index (χ0v) is 20.5. The minimum Gasteiger partial charge on any atom is -0.492 e. The molecule has 0 saturated carbocycles. The lowest BCUT2D eigenvalue weighted by atomic mass is 9.88. The van der Waals surface area contributed by atoms with Crippen LogP contribution in [0.5, 0.6) is 5.75 Å². The number of anilines is 1. The Morgan fingerprint density at radius 1 is 1.31 bits per heavy atom. The fourth-order valence-electron chi connectivity index (χ4n) is 4.05. The number of para-hydroxylation sites is 2. The van der Waals surface area contributed by atoms with Crippen LogP contribution in [-0.2, 0) is 24.2 Å². The third kappa shape index (κ3) is 5.02. The quantitative estimate of drug-likeness (QED) is 0.408. The Bertz CT molecular complexity index is 1080. The van der Waals surface area contributed by atoms with Crippen LogP contribution in [0, 0.1) is 5.92 Å². The SMILES string of the molecule is CCCn1c(SCC(=O)Nc2ccccc2OCC)nnc1-c1csc2c1CCC(C)C2. The van der Waals surface area contributed by atoms with E-state index in [4.69, 9.17) is 4.74 Å². The summed E-state index contributed by atoms with van der Waals surface area (Å²) in [5.41, 5.74) is 3.36. The first kappa shape index (κ1) is 22.9. The Balaban J connectivity index is 1.48. The lowest BCUT2D eigenvalue weighted by Crippen LogP contribution is -2.15. The molecule has 0 saturated heterocycles. The molecule has 0 aliphatic heterocycles. The molecule has 3 aromatic rings. The van der Waals surface area contributed by atoms with Crippen LogP contribution in [0.4, 0.5) is 5.69 Å². The van der Waals surface area contributed by atoms with Crippen molar-refractivity contribution in [2.75, 3.05) is 17.7 Å². The maximum Gasteiger partial charge on any atom is 0.234 e. The molecule has 0 bridgehead atoms. The van der Waals surface area contributed by atoms with Crippen molar-refractivity contribution in [1.82, 2.24) is 14.8 Å². The van der Waals surface area contributed by atoms with Crippen molar-refractivity contribution in [2.24, 2.45) is 5.92 Å². The van der Waals surface area contributed by atoms with E-state index < -0.39 is 0 Å². The Morgan fingerprint density at radius 2 is 2.16 bits per heavy atom. The van der Waals surface area contributed by atoms with Crippen molar-refractivity contribution in [1.29, 1.82) is 0 Å². The highest BCUT2D eigenvalue weighted by molar-refractivity contribution is 7.99. The van der Waals surface area contributed by atoms with Gasteiger partial charge in [0.25, 0.3) is 0 Å². The third-order valence-electron chi connectivity index (χ3n) is 5.60. The molecule has 2 aromatic heterocycles. The number of hydrogen-bond donors (Lipinski definition) is 1. The monoisotopic (exact) mass is 470 g/mol. The number of rotatable bonds is 9. The van der Waals surface area contributed by atoms with Crippen LogP contribution in [-0.4, -0.2) is 33.0 Å². The fraction of sp³-hybridized carbons (Fsp3) is 0.458. The van der Waals surface area contributed by atoms with Crippen molar-refractivity contribution < 1.29 is 9.53 Å². The molecule has 6 nitrogen and oxygen atoms in total. The van der Waals surface area contributed by atoms with Crippen LogP contribution in [0.3, 0.4) is 0 Å². The summed E-state index contributed by atoms with van der Waals surface area (Å²) in [5, 5.41) is 15.0. The molecule has 0 fully saturated rings. The number of thiophene rings is 1. The van der Waals surface area contributed by atoms with Crippen LogP contribution >= 0.6 is 23.1 Å². The molecule has 0 spiro atoms. The molecular weight excluding hydrogens is 440 g/mol. The standard InChI is InChI=1S/C24H30N4O2S2/c1-4-12-28-23(18-14-31-21-13-16(3)10-11-17(18)21)26-27-24(28)32-15-22(29)25-19-8-6-7-9-20(19)30-5-2/h6-9,14,16H,4-5,10-13,15H2,1-3H3,(H,25,29). The molecule has 1 aromatic carbocycles. The van der Waals surface area contributed by atoms with E-state index in [1.165, 1.54) is 34.2 Å². The number of fused-ring (bicyclic) bond motifs is 1. The van der Waals surface area contributed by atoms with E-state index in [-0.39, 0.29) is 11.7 Å². The summed E-state index contributed by atoms with van der Waals surface area (Å²) in [6.45, 7) is 7.79. The fourth-order valence-corrected chi connectivity index (χ4v) is 6.06. The number of nitrogens with one attached hydrogen (secondary N) is 1. The second-order valence-electron chi connectivity index (χ2n) is 8.12. The number of carbonyl (C=O) groups excluding carboxylic acids is 1. The average Bonchev–Trinajstić information content (AvgIpc) is 3.37. The first-order valence-corrected chi connectivity index (χ1v) is 13.1. The highest BCUT2D eigenvalue weighted by Crippen LogP contribution is 2.38. The summed E-state index contributed by atoms with van der Waals surface area (Å²) >= 11 is 3.28. The number of carbonyl (C=O) groups is 1. The average molecular weight is 471 g/mol. The summed E-state index contributed by atoms with van der Waals surface area (Å²) in [7, 11) is 0. The number of hydrogen-bond acceptors (Lipinski definition) is 6. The van der Waals surface area contributed by atoms with Crippen LogP contribution in [0.25, 0.3) is 11.4 Å². The van der Waals surface area contributed by atoms with Crippen LogP contribution < -0.4 is 10.1 Å². The number of benzene rings is 1. The van der Waals surface area contributed by atoms with Gasteiger partial charge in [0.05, 0.1) is 18.0 Å². The molecule has 1 atom stereocenters. The van der Waals surface area contributed by atoms with Gasteiger partial charge in [0.15, 0.2) is 11.0 Å². The lowest BCUT2D eigenvalue weighted by molar-refractivity contribution is -0.113. The summed E-state index contributed by atoms with van der Waals surface area (Å²) in [6, 6.07) is 7.50. The Labute approximate surface area is 197 Å². The van der Waals surface area contributed by atoms with Gasteiger partial charge >= 0.3 is 0 Å². The third-order valence-corrected chi connectivity index (χ3v) is 7.62. The molecule has 2 heterocycles. The van der Waals surface area contributed by atoms with Crippen LogP contribution in [0.15, 0.2) is 34.8 Å².